The molecule has 0 amide bonds. The van der Waals surface area contributed by atoms with Crippen molar-refractivity contribution in [2.45, 2.75) is 43.2 Å². The van der Waals surface area contributed by atoms with Crippen LogP contribution in [0.1, 0.15) is 5.69 Å². The van der Waals surface area contributed by atoms with E-state index in [-0.39, 0.29) is 6.73 Å². The highest BCUT2D eigenvalue weighted by Crippen LogP contribution is 2.33. The minimum Gasteiger partial charge on any atom is -0.378 e. The van der Waals surface area contributed by atoms with E-state index in [1.807, 2.05) is 53.3 Å². The van der Waals surface area contributed by atoms with E-state index in [2.05, 4.69) is 58.2 Å². The standard InChI is InChI=1S/C32H36N10O2SSi/c1-46(2,3)19-18-44-22-41-38-31(37-39-41)26-10-8-24(20-33-26)30-27(21-45-29-11-9-23-6-4-5-7-25(23)35-29)36-32-28(12-13-34-42(30)32)40-14-16-43-17-15-40/h4-13,20H,14-19,21-22H2,1-3H3. The van der Waals surface area contributed by atoms with Gasteiger partial charge in [-0.2, -0.15) is 5.10 Å². The molecule has 0 atom stereocenters. The van der Waals surface area contributed by atoms with E-state index in [4.69, 9.17) is 29.5 Å². The molecule has 12 nitrogen and oxygen atoms in total. The first-order chi connectivity index (χ1) is 22.4. The van der Waals surface area contributed by atoms with Crippen molar-refractivity contribution < 1.29 is 9.47 Å². The van der Waals surface area contributed by atoms with Crippen LogP contribution >= 0.6 is 11.8 Å². The number of thioether (sulfide) groups is 1. The molecule has 1 aromatic carbocycles. The Morgan fingerprint density at radius 2 is 1.85 bits per heavy atom. The molecular formula is C32H36N10O2SSi. The van der Waals surface area contributed by atoms with E-state index in [9.17, 15) is 0 Å². The second-order valence-corrected chi connectivity index (χ2v) is 19.0. The first-order valence-electron chi connectivity index (χ1n) is 15.4. The van der Waals surface area contributed by atoms with Crippen molar-refractivity contribution in [2.24, 2.45) is 0 Å². The van der Waals surface area contributed by atoms with Gasteiger partial charge in [-0.05, 0) is 41.6 Å². The van der Waals surface area contributed by atoms with Crippen LogP contribution in [0.4, 0.5) is 5.69 Å². The maximum atomic E-state index is 5.78. The number of fused-ring (bicyclic) bond motifs is 2. The summed E-state index contributed by atoms with van der Waals surface area (Å²) in [5.41, 5.74) is 6.15. The first-order valence-corrected chi connectivity index (χ1v) is 20.1. The molecule has 14 heteroatoms. The molecular weight excluding hydrogens is 617 g/mol. The normalized spacial score (nSPS) is 14.0. The van der Waals surface area contributed by atoms with Gasteiger partial charge in [-0.15, -0.1) is 15.0 Å². The van der Waals surface area contributed by atoms with Gasteiger partial charge in [0, 0.05) is 50.7 Å². The summed E-state index contributed by atoms with van der Waals surface area (Å²) in [5, 5.41) is 19.7. The largest absolute Gasteiger partial charge is 0.378 e. The summed E-state index contributed by atoms with van der Waals surface area (Å²) < 4.78 is 13.3. The average molecular weight is 653 g/mol. The summed E-state index contributed by atoms with van der Waals surface area (Å²) in [5.74, 6) is 1.06. The number of benzene rings is 1. The Bertz CT molecular complexity index is 1950. The number of hydrogen-bond acceptors (Lipinski definition) is 11. The molecule has 1 saturated heterocycles. The Labute approximate surface area is 272 Å². The van der Waals surface area contributed by atoms with Crippen molar-refractivity contribution in [2.75, 3.05) is 37.8 Å². The van der Waals surface area contributed by atoms with E-state index in [1.54, 1.807) is 11.8 Å². The minimum atomic E-state index is -1.16. The van der Waals surface area contributed by atoms with E-state index < -0.39 is 8.07 Å². The third-order valence-electron chi connectivity index (χ3n) is 7.77. The zero-order valence-corrected chi connectivity index (χ0v) is 28.0. The zero-order chi connectivity index (χ0) is 31.5. The topological polar surface area (TPSA) is 121 Å². The highest BCUT2D eigenvalue weighted by atomic mass is 32.2. The lowest BCUT2D eigenvalue weighted by molar-refractivity contribution is 0.0674. The highest BCUT2D eigenvalue weighted by Gasteiger charge is 2.22. The summed E-state index contributed by atoms with van der Waals surface area (Å²) in [4.78, 5) is 18.5. The Morgan fingerprint density at radius 1 is 0.978 bits per heavy atom. The molecule has 236 valence electrons. The van der Waals surface area contributed by atoms with Gasteiger partial charge in [-0.25, -0.2) is 14.5 Å². The number of anilines is 1. The Hall–Kier alpha value is -4.24. The van der Waals surface area contributed by atoms with Crippen LogP contribution in [0.25, 0.3) is 39.3 Å². The molecule has 6 heterocycles. The lowest BCUT2D eigenvalue weighted by Gasteiger charge is -2.28. The molecule has 0 unspecified atom stereocenters. The van der Waals surface area contributed by atoms with E-state index in [1.165, 1.54) is 4.80 Å². The number of hydrogen-bond donors (Lipinski definition) is 0. The van der Waals surface area contributed by atoms with Gasteiger partial charge in [0.2, 0.25) is 5.82 Å². The molecule has 6 aromatic rings. The van der Waals surface area contributed by atoms with Crippen LogP contribution in [0, 0.1) is 0 Å². The van der Waals surface area contributed by atoms with Crippen LogP contribution in [0.2, 0.25) is 25.7 Å². The molecule has 46 heavy (non-hydrogen) atoms. The maximum Gasteiger partial charge on any atom is 0.223 e. The van der Waals surface area contributed by atoms with E-state index in [0.717, 1.165) is 63.3 Å². The second-order valence-electron chi connectivity index (χ2n) is 12.4. The fourth-order valence-electron chi connectivity index (χ4n) is 5.28. The van der Waals surface area contributed by atoms with Gasteiger partial charge < -0.3 is 14.4 Å². The number of ether oxygens (including phenoxy) is 2. The van der Waals surface area contributed by atoms with Crippen molar-refractivity contribution in [1.82, 2.24) is 44.8 Å². The summed E-state index contributed by atoms with van der Waals surface area (Å²) >= 11 is 1.66. The molecule has 5 aromatic heterocycles. The third-order valence-corrected chi connectivity index (χ3v) is 10.4. The van der Waals surface area contributed by atoms with Gasteiger partial charge in [0.25, 0.3) is 0 Å². The monoisotopic (exact) mass is 652 g/mol. The van der Waals surface area contributed by atoms with Gasteiger partial charge in [0.1, 0.15) is 5.69 Å². The Balaban J connectivity index is 1.17. The molecule has 0 bridgehead atoms. The number of imidazole rings is 1. The quantitative estimate of drug-likeness (QED) is 0.101. The Kier molecular flexibility index (Phi) is 8.75. The highest BCUT2D eigenvalue weighted by molar-refractivity contribution is 7.98. The van der Waals surface area contributed by atoms with Crippen LogP contribution in [0.5, 0.6) is 0 Å². The fourth-order valence-corrected chi connectivity index (χ4v) is 6.85. The number of morpholine rings is 1. The first kappa shape index (κ1) is 30.4. The molecule has 0 N–H and O–H groups in total. The van der Waals surface area contributed by atoms with E-state index >= 15 is 0 Å². The van der Waals surface area contributed by atoms with Crippen molar-refractivity contribution in [3.63, 3.8) is 0 Å². The molecule has 0 aliphatic carbocycles. The molecule has 7 rings (SSSR count). The SMILES string of the molecule is C[Si](C)(C)CCOCn1nnc(-c2ccc(-c3c(CSc4ccc5ccccc5n4)nc4c(N5CCOCC5)ccnn34)cn2)n1. The summed E-state index contributed by atoms with van der Waals surface area (Å²) in [6.07, 6.45) is 3.66. The zero-order valence-electron chi connectivity index (χ0n) is 26.2. The van der Waals surface area contributed by atoms with Gasteiger partial charge in [-0.1, -0.05) is 55.7 Å². The van der Waals surface area contributed by atoms with Crippen LogP contribution in [-0.4, -0.2) is 85.8 Å². The smallest absolute Gasteiger partial charge is 0.223 e. The molecule has 1 fully saturated rings. The average Bonchev–Trinajstić information content (AvgIpc) is 3.70. The van der Waals surface area contributed by atoms with Crippen molar-refractivity contribution in [3.8, 4) is 22.8 Å². The molecule has 1 aliphatic rings. The number of tetrazole rings is 1. The van der Waals surface area contributed by atoms with Crippen molar-refractivity contribution in [1.29, 1.82) is 0 Å². The van der Waals surface area contributed by atoms with Crippen molar-refractivity contribution in [3.05, 3.63) is 72.7 Å². The van der Waals surface area contributed by atoms with E-state index in [0.29, 0.717) is 37.1 Å². The lowest BCUT2D eigenvalue weighted by Crippen LogP contribution is -2.36. The fraction of sp³-hybridized carbons (Fsp3) is 0.344. The molecule has 0 saturated carbocycles. The second kappa shape index (κ2) is 13.2. The summed E-state index contributed by atoms with van der Waals surface area (Å²) in [6.45, 7) is 10.9. The Morgan fingerprint density at radius 3 is 2.67 bits per heavy atom. The number of aromatic nitrogens is 9. The number of para-hydroxylation sites is 1. The van der Waals surface area contributed by atoms with Crippen molar-refractivity contribution >= 4 is 42.1 Å². The lowest BCUT2D eigenvalue weighted by atomic mass is 10.1. The van der Waals surface area contributed by atoms with Crippen LogP contribution < -0.4 is 4.90 Å². The number of rotatable bonds is 11. The third kappa shape index (κ3) is 6.79. The maximum absolute atomic E-state index is 5.78. The van der Waals surface area contributed by atoms with Crippen LogP contribution in [-0.2, 0) is 22.0 Å². The molecule has 1 aliphatic heterocycles. The van der Waals surface area contributed by atoms with Gasteiger partial charge >= 0.3 is 0 Å². The molecule has 0 radical (unpaired) electrons. The van der Waals surface area contributed by atoms with Gasteiger partial charge in [0.15, 0.2) is 12.4 Å². The number of pyridine rings is 2. The van der Waals surface area contributed by atoms with Gasteiger partial charge in [0.05, 0.1) is 47.0 Å². The predicted octanol–water partition coefficient (Wildman–Crippen LogP) is 5.43. The van der Waals surface area contributed by atoms with Crippen LogP contribution in [0.3, 0.4) is 0 Å². The molecule has 0 spiro atoms. The van der Waals surface area contributed by atoms with Gasteiger partial charge in [-0.3, -0.25) is 4.98 Å². The summed E-state index contributed by atoms with van der Waals surface area (Å²) in [6, 6.07) is 19.4. The predicted molar refractivity (Wildman–Crippen MR) is 181 cm³/mol. The van der Waals surface area contributed by atoms with Crippen LogP contribution in [0.15, 0.2) is 72.0 Å². The summed E-state index contributed by atoms with van der Waals surface area (Å²) in [7, 11) is -1.16. The number of nitrogens with zero attached hydrogens (tertiary/aromatic N) is 10. The minimum absolute atomic E-state index is 0.265.